The number of benzene rings is 1. The second kappa shape index (κ2) is 5.50. The molecule has 0 bridgehead atoms. The smallest absolute Gasteiger partial charge is 0.325 e. The highest BCUT2D eigenvalue weighted by atomic mass is 35.5. The topological polar surface area (TPSA) is 56.2 Å². The van der Waals surface area contributed by atoms with Crippen LogP contribution in [0.5, 0.6) is 0 Å². The van der Waals surface area contributed by atoms with E-state index in [0.29, 0.717) is 21.6 Å². The molecule has 0 unspecified atom stereocenters. The summed E-state index contributed by atoms with van der Waals surface area (Å²) in [5, 5.41) is 12.5. The van der Waals surface area contributed by atoms with E-state index < -0.39 is 5.54 Å². The van der Waals surface area contributed by atoms with Gasteiger partial charge in [0.2, 0.25) is 0 Å². The molecule has 1 spiro atoms. The Morgan fingerprint density at radius 3 is 2.19 bits per heavy atom. The molecule has 2 amide bonds. The van der Waals surface area contributed by atoms with Gasteiger partial charge in [-0.3, -0.25) is 5.41 Å². The summed E-state index contributed by atoms with van der Waals surface area (Å²) in [6.07, 6.45) is 6.03. The maximum atomic E-state index is 12.4. The lowest BCUT2D eigenvalue weighted by Gasteiger charge is -2.27. The van der Waals surface area contributed by atoms with Crippen molar-refractivity contribution in [2.24, 2.45) is 0 Å². The number of carbonyl (C=O) groups is 1. The molecule has 21 heavy (non-hydrogen) atoms. The number of nitrogens with zero attached hydrogens (tertiary/aromatic N) is 1. The highest BCUT2D eigenvalue weighted by Crippen LogP contribution is 2.36. The van der Waals surface area contributed by atoms with E-state index in [2.05, 4.69) is 5.32 Å². The molecule has 1 aromatic carbocycles. The molecule has 0 atom stereocenters. The Morgan fingerprint density at radius 2 is 1.62 bits per heavy atom. The summed E-state index contributed by atoms with van der Waals surface area (Å²) in [6, 6.07) is 4.68. The summed E-state index contributed by atoms with van der Waals surface area (Å²) < 4.78 is 0. The van der Waals surface area contributed by atoms with Crippen molar-refractivity contribution in [1.82, 2.24) is 5.32 Å². The van der Waals surface area contributed by atoms with Gasteiger partial charge >= 0.3 is 6.03 Å². The van der Waals surface area contributed by atoms with Gasteiger partial charge in [0, 0.05) is 10.0 Å². The van der Waals surface area contributed by atoms with Gasteiger partial charge in [0.15, 0.2) is 0 Å². The van der Waals surface area contributed by atoms with Crippen molar-refractivity contribution in [3.8, 4) is 0 Å². The molecular weight excluding hydrogens is 309 g/mol. The number of carbonyl (C=O) groups excluding carboxylic acids is 1. The van der Waals surface area contributed by atoms with E-state index in [0.717, 1.165) is 38.5 Å². The first kappa shape index (κ1) is 14.7. The van der Waals surface area contributed by atoms with E-state index >= 15 is 0 Å². The highest BCUT2D eigenvalue weighted by molar-refractivity contribution is 6.35. The Balaban J connectivity index is 1.96. The van der Waals surface area contributed by atoms with Crippen LogP contribution in [0.3, 0.4) is 0 Å². The normalized spacial score (nSPS) is 21.5. The molecule has 1 saturated carbocycles. The summed E-state index contributed by atoms with van der Waals surface area (Å²) in [7, 11) is 0. The first-order valence-corrected chi connectivity index (χ1v) is 7.95. The number of hydrogen-bond donors (Lipinski definition) is 2. The van der Waals surface area contributed by atoms with Crippen LogP contribution in [0.1, 0.15) is 38.5 Å². The van der Waals surface area contributed by atoms with E-state index in [1.807, 2.05) is 0 Å². The Morgan fingerprint density at radius 1 is 1.05 bits per heavy atom. The minimum absolute atomic E-state index is 0.264. The molecule has 4 nitrogen and oxygen atoms in total. The molecule has 1 aliphatic heterocycles. The minimum atomic E-state index is -0.525. The fourth-order valence-corrected chi connectivity index (χ4v) is 3.76. The predicted molar refractivity (Wildman–Crippen MR) is 85.6 cm³/mol. The third kappa shape index (κ3) is 2.62. The second-order valence-corrected chi connectivity index (χ2v) is 6.61. The number of urea groups is 1. The SMILES string of the molecule is N=C1N(c2cc(Cl)cc(Cl)c2)C(=O)NC12CCCCCC2. The molecular formula is C15H17Cl2N3O. The third-order valence-electron chi connectivity index (χ3n) is 4.29. The number of amides is 2. The van der Waals surface area contributed by atoms with Gasteiger partial charge in [-0.15, -0.1) is 0 Å². The summed E-state index contributed by atoms with van der Waals surface area (Å²) >= 11 is 12.0. The molecule has 2 N–H and O–H groups in total. The van der Waals surface area contributed by atoms with Crippen molar-refractivity contribution in [2.75, 3.05) is 4.90 Å². The molecule has 1 aliphatic carbocycles. The first-order valence-electron chi connectivity index (χ1n) is 7.19. The van der Waals surface area contributed by atoms with E-state index in [9.17, 15) is 4.79 Å². The molecule has 2 aliphatic rings. The predicted octanol–water partition coefficient (Wildman–Crippen LogP) is 4.59. The van der Waals surface area contributed by atoms with E-state index in [1.165, 1.54) is 4.90 Å². The Bertz CT molecular complexity index is 574. The maximum absolute atomic E-state index is 12.4. The minimum Gasteiger partial charge on any atom is -0.325 e. The zero-order valence-electron chi connectivity index (χ0n) is 11.6. The monoisotopic (exact) mass is 325 g/mol. The molecule has 0 aromatic heterocycles. The van der Waals surface area contributed by atoms with Crippen LogP contribution in [0.15, 0.2) is 18.2 Å². The largest absolute Gasteiger partial charge is 0.328 e. The van der Waals surface area contributed by atoms with Crippen molar-refractivity contribution < 1.29 is 4.79 Å². The van der Waals surface area contributed by atoms with Crippen molar-refractivity contribution in [2.45, 2.75) is 44.1 Å². The Hall–Kier alpha value is -1.26. The molecule has 112 valence electrons. The highest BCUT2D eigenvalue weighted by Gasteiger charge is 2.48. The maximum Gasteiger partial charge on any atom is 0.328 e. The average molecular weight is 326 g/mol. The Labute approximate surface area is 133 Å². The van der Waals surface area contributed by atoms with Crippen LogP contribution in [0.25, 0.3) is 0 Å². The summed E-state index contributed by atoms with van der Waals surface area (Å²) in [5.74, 6) is 0.313. The molecule has 1 aromatic rings. The lowest BCUT2D eigenvalue weighted by atomic mass is 9.90. The van der Waals surface area contributed by atoms with Gasteiger partial charge in [0.25, 0.3) is 0 Å². The fourth-order valence-electron chi connectivity index (χ4n) is 3.24. The van der Waals surface area contributed by atoms with Gasteiger partial charge in [-0.25, -0.2) is 9.69 Å². The standard InChI is InChI=1S/C15H17Cl2N3O/c16-10-7-11(17)9-12(8-10)20-13(18)15(19-14(20)21)5-3-1-2-4-6-15/h7-9,18H,1-6H2,(H,19,21). The lowest BCUT2D eigenvalue weighted by molar-refractivity contribution is 0.245. The van der Waals surface area contributed by atoms with Gasteiger partial charge in [-0.1, -0.05) is 48.9 Å². The first-order chi connectivity index (χ1) is 10.0. The Kier molecular flexibility index (Phi) is 3.84. The van der Waals surface area contributed by atoms with Crippen molar-refractivity contribution in [1.29, 1.82) is 5.41 Å². The van der Waals surface area contributed by atoms with E-state index in [4.69, 9.17) is 28.6 Å². The molecule has 3 rings (SSSR count). The van der Waals surface area contributed by atoms with Gasteiger partial charge < -0.3 is 5.32 Å². The number of anilines is 1. The van der Waals surface area contributed by atoms with Crippen LogP contribution in [-0.4, -0.2) is 17.4 Å². The van der Waals surface area contributed by atoms with Gasteiger partial charge in [0.1, 0.15) is 5.84 Å². The van der Waals surface area contributed by atoms with Crippen molar-refractivity contribution in [3.63, 3.8) is 0 Å². The second-order valence-electron chi connectivity index (χ2n) is 5.74. The quantitative estimate of drug-likeness (QED) is 0.779. The third-order valence-corrected chi connectivity index (χ3v) is 4.73. The average Bonchev–Trinajstić information content (AvgIpc) is 2.56. The van der Waals surface area contributed by atoms with Crippen LogP contribution in [0.4, 0.5) is 10.5 Å². The molecule has 1 saturated heterocycles. The fraction of sp³-hybridized carbons (Fsp3) is 0.467. The number of nitrogens with one attached hydrogen (secondary N) is 2. The van der Waals surface area contributed by atoms with Gasteiger partial charge in [-0.05, 0) is 31.0 Å². The summed E-state index contributed by atoms with van der Waals surface area (Å²) in [5.41, 5.74) is 0.0265. The van der Waals surface area contributed by atoms with Crippen molar-refractivity contribution >= 4 is 40.8 Å². The number of hydrogen-bond acceptors (Lipinski definition) is 2. The van der Waals surface area contributed by atoms with E-state index in [-0.39, 0.29) is 6.03 Å². The molecule has 6 heteroatoms. The van der Waals surface area contributed by atoms with Crippen LogP contribution >= 0.6 is 23.2 Å². The van der Waals surface area contributed by atoms with Gasteiger partial charge in [-0.2, -0.15) is 0 Å². The molecule has 0 radical (unpaired) electrons. The summed E-state index contributed by atoms with van der Waals surface area (Å²) in [6.45, 7) is 0. The van der Waals surface area contributed by atoms with Crippen LogP contribution < -0.4 is 10.2 Å². The zero-order chi connectivity index (χ0) is 15.0. The lowest BCUT2D eigenvalue weighted by Crippen LogP contribution is -2.46. The van der Waals surface area contributed by atoms with Crippen LogP contribution in [-0.2, 0) is 0 Å². The van der Waals surface area contributed by atoms with Crippen LogP contribution in [0.2, 0.25) is 10.0 Å². The summed E-state index contributed by atoms with van der Waals surface area (Å²) in [4.78, 5) is 13.8. The number of amidine groups is 1. The number of halogens is 2. The van der Waals surface area contributed by atoms with Crippen molar-refractivity contribution in [3.05, 3.63) is 28.2 Å². The molecule has 1 heterocycles. The zero-order valence-corrected chi connectivity index (χ0v) is 13.1. The van der Waals surface area contributed by atoms with Gasteiger partial charge in [0.05, 0.1) is 11.2 Å². The molecule has 2 fully saturated rings. The van der Waals surface area contributed by atoms with Crippen LogP contribution in [0, 0.1) is 5.41 Å². The van der Waals surface area contributed by atoms with E-state index in [1.54, 1.807) is 18.2 Å². The number of rotatable bonds is 1.